The minimum atomic E-state index is -0.124. The van der Waals surface area contributed by atoms with Crippen molar-refractivity contribution in [1.29, 1.82) is 0 Å². The molecule has 3 atom stereocenters. The Kier molecular flexibility index (Phi) is 8.48. The van der Waals surface area contributed by atoms with E-state index in [4.69, 9.17) is 0 Å². The zero-order valence-electron chi connectivity index (χ0n) is 11.6. The highest BCUT2D eigenvalue weighted by molar-refractivity contribution is 14.0. The molecule has 19 heavy (non-hydrogen) atoms. The second-order valence-corrected chi connectivity index (χ2v) is 6.64. The number of thioether (sulfide) groups is 1. The summed E-state index contributed by atoms with van der Waals surface area (Å²) in [5.41, 5.74) is 0. The summed E-state index contributed by atoms with van der Waals surface area (Å²) < 4.78 is 0. The van der Waals surface area contributed by atoms with Crippen molar-refractivity contribution in [3.8, 4) is 0 Å². The largest absolute Gasteiger partial charge is 0.393 e. The van der Waals surface area contributed by atoms with E-state index in [9.17, 15) is 5.11 Å². The third-order valence-electron chi connectivity index (χ3n) is 3.90. The molecule has 2 fully saturated rings. The molecule has 1 heterocycles. The predicted octanol–water partition coefficient (Wildman–Crippen LogP) is 1.83. The number of nitrogens with one attached hydrogen (secondary N) is 2. The van der Waals surface area contributed by atoms with Crippen LogP contribution in [0.3, 0.4) is 0 Å². The summed E-state index contributed by atoms with van der Waals surface area (Å²) in [4.78, 5) is 4.24. The van der Waals surface area contributed by atoms with Crippen LogP contribution in [-0.2, 0) is 0 Å². The first-order chi connectivity index (χ1) is 8.79. The average molecular weight is 399 g/mol. The summed E-state index contributed by atoms with van der Waals surface area (Å²) in [7, 11) is 1.81. The number of aliphatic hydroxyl groups is 1. The highest BCUT2D eigenvalue weighted by atomic mass is 127. The Bertz CT molecular complexity index is 285. The molecule has 0 bridgehead atoms. The van der Waals surface area contributed by atoms with E-state index < -0.39 is 0 Å². The van der Waals surface area contributed by atoms with Crippen molar-refractivity contribution >= 4 is 41.7 Å². The van der Waals surface area contributed by atoms with Crippen LogP contribution in [0.25, 0.3) is 0 Å². The molecule has 112 valence electrons. The average Bonchev–Trinajstić information content (AvgIpc) is 3.01. The fourth-order valence-corrected chi connectivity index (χ4v) is 3.92. The molecular weight excluding hydrogens is 373 g/mol. The van der Waals surface area contributed by atoms with E-state index in [-0.39, 0.29) is 30.1 Å². The Balaban J connectivity index is 0.00000180. The molecule has 0 aromatic rings. The first-order valence-corrected chi connectivity index (χ1v) is 8.08. The maximum atomic E-state index is 9.77. The molecule has 3 N–H and O–H groups in total. The van der Waals surface area contributed by atoms with Crippen molar-refractivity contribution in [2.45, 2.75) is 43.5 Å². The molecule has 0 radical (unpaired) electrons. The van der Waals surface area contributed by atoms with Gasteiger partial charge in [0.2, 0.25) is 0 Å². The number of rotatable bonds is 4. The number of halogens is 1. The number of aliphatic imine (C=N–C) groups is 1. The second-order valence-electron chi connectivity index (χ2n) is 5.23. The third kappa shape index (κ3) is 5.67. The van der Waals surface area contributed by atoms with Gasteiger partial charge in [0.05, 0.1) is 6.10 Å². The van der Waals surface area contributed by atoms with Crippen LogP contribution in [0.5, 0.6) is 0 Å². The van der Waals surface area contributed by atoms with Crippen molar-refractivity contribution in [3.63, 3.8) is 0 Å². The molecule has 0 aromatic heterocycles. The van der Waals surface area contributed by atoms with Crippen molar-refractivity contribution in [2.75, 3.05) is 25.9 Å². The van der Waals surface area contributed by atoms with Gasteiger partial charge in [-0.05, 0) is 31.4 Å². The zero-order valence-corrected chi connectivity index (χ0v) is 14.7. The number of hydrogen-bond acceptors (Lipinski definition) is 3. The van der Waals surface area contributed by atoms with E-state index >= 15 is 0 Å². The Morgan fingerprint density at radius 1 is 1.21 bits per heavy atom. The lowest BCUT2D eigenvalue weighted by molar-refractivity contribution is 0.134. The van der Waals surface area contributed by atoms with Gasteiger partial charge in [-0.15, -0.1) is 24.0 Å². The first kappa shape index (κ1) is 17.4. The van der Waals surface area contributed by atoms with Crippen LogP contribution in [0.2, 0.25) is 0 Å². The van der Waals surface area contributed by atoms with Crippen molar-refractivity contribution < 1.29 is 5.11 Å². The van der Waals surface area contributed by atoms with Gasteiger partial charge in [-0.1, -0.05) is 6.42 Å². The normalized spacial score (nSPS) is 31.1. The molecule has 0 amide bonds. The van der Waals surface area contributed by atoms with Crippen LogP contribution in [0.15, 0.2) is 4.99 Å². The zero-order chi connectivity index (χ0) is 12.8. The third-order valence-corrected chi connectivity index (χ3v) is 5.29. The molecule has 2 rings (SSSR count). The molecule has 3 unspecified atom stereocenters. The summed E-state index contributed by atoms with van der Waals surface area (Å²) in [6.07, 6.45) is 5.77. The monoisotopic (exact) mass is 399 g/mol. The minimum absolute atomic E-state index is 0. The maximum Gasteiger partial charge on any atom is 0.191 e. The number of hydrogen-bond donors (Lipinski definition) is 3. The fourth-order valence-electron chi connectivity index (χ4n) is 2.72. The second kappa shape index (κ2) is 9.28. The predicted molar refractivity (Wildman–Crippen MR) is 93.6 cm³/mol. The topological polar surface area (TPSA) is 56.7 Å². The van der Waals surface area contributed by atoms with Gasteiger partial charge < -0.3 is 15.7 Å². The minimum Gasteiger partial charge on any atom is -0.393 e. The lowest BCUT2D eigenvalue weighted by Crippen LogP contribution is -2.43. The lowest BCUT2D eigenvalue weighted by Gasteiger charge is -2.19. The van der Waals surface area contributed by atoms with E-state index in [0.29, 0.717) is 5.92 Å². The van der Waals surface area contributed by atoms with Crippen LogP contribution in [0, 0.1) is 5.92 Å². The highest BCUT2D eigenvalue weighted by Gasteiger charge is 2.25. The molecule has 6 heteroatoms. The molecule has 4 nitrogen and oxygen atoms in total. The highest BCUT2D eigenvalue weighted by Crippen LogP contribution is 2.25. The van der Waals surface area contributed by atoms with Crippen LogP contribution in [-0.4, -0.2) is 48.3 Å². The van der Waals surface area contributed by atoms with E-state index in [2.05, 4.69) is 27.4 Å². The summed E-state index contributed by atoms with van der Waals surface area (Å²) in [5, 5.41) is 17.2. The van der Waals surface area contributed by atoms with Crippen LogP contribution >= 0.6 is 35.7 Å². The summed E-state index contributed by atoms with van der Waals surface area (Å²) in [5.74, 6) is 2.57. The van der Waals surface area contributed by atoms with Gasteiger partial charge in [0.15, 0.2) is 5.96 Å². The van der Waals surface area contributed by atoms with E-state index in [1.165, 1.54) is 18.6 Å². The fraction of sp³-hybridized carbons (Fsp3) is 0.923. The van der Waals surface area contributed by atoms with E-state index in [1.54, 1.807) is 0 Å². The Labute approximate surface area is 137 Å². The van der Waals surface area contributed by atoms with Crippen LogP contribution in [0.4, 0.5) is 0 Å². The summed E-state index contributed by atoms with van der Waals surface area (Å²) in [6.45, 7) is 1.83. The van der Waals surface area contributed by atoms with Gasteiger partial charge in [-0.2, -0.15) is 11.8 Å². The number of aliphatic hydroxyl groups excluding tert-OH is 1. The first-order valence-electron chi connectivity index (χ1n) is 7.04. The standard InChI is InChI=1S/C13H25N3OS.HI/c1-14-13(16-9-11-5-3-7-18-11)15-8-10-4-2-6-12(10)17;/h10-12,17H,2-9H2,1H3,(H2,14,15,16);1H. The van der Waals surface area contributed by atoms with Gasteiger partial charge in [-0.3, -0.25) is 4.99 Å². The van der Waals surface area contributed by atoms with Crippen molar-refractivity contribution in [3.05, 3.63) is 0 Å². The van der Waals surface area contributed by atoms with Gasteiger partial charge in [0, 0.05) is 31.3 Å². The lowest BCUT2D eigenvalue weighted by atomic mass is 10.1. The van der Waals surface area contributed by atoms with Gasteiger partial charge in [0.25, 0.3) is 0 Å². The van der Waals surface area contributed by atoms with Crippen molar-refractivity contribution in [2.24, 2.45) is 10.9 Å². The Morgan fingerprint density at radius 2 is 2.00 bits per heavy atom. The number of nitrogens with zero attached hydrogens (tertiary/aromatic N) is 1. The molecule has 1 saturated heterocycles. The van der Waals surface area contributed by atoms with Gasteiger partial charge >= 0.3 is 0 Å². The summed E-state index contributed by atoms with van der Waals surface area (Å²) in [6, 6.07) is 0. The van der Waals surface area contributed by atoms with Crippen LogP contribution < -0.4 is 10.6 Å². The van der Waals surface area contributed by atoms with Gasteiger partial charge in [0.1, 0.15) is 0 Å². The quantitative estimate of drug-likeness (QED) is 0.384. The molecule has 0 aromatic carbocycles. The molecule has 0 spiro atoms. The van der Waals surface area contributed by atoms with Crippen LogP contribution in [0.1, 0.15) is 32.1 Å². The van der Waals surface area contributed by atoms with Crippen molar-refractivity contribution in [1.82, 2.24) is 10.6 Å². The van der Waals surface area contributed by atoms with Gasteiger partial charge in [-0.25, -0.2) is 0 Å². The van der Waals surface area contributed by atoms with E-state index in [0.717, 1.165) is 43.6 Å². The smallest absolute Gasteiger partial charge is 0.191 e. The Hall–Kier alpha value is 0.310. The molecule has 1 saturated carbocycles. The number of guanidine groups is 1. The van der Waals surface area contributed by atoms with E-state index in [1.807, 2.05) is 7.05 Å². The summed E-state index contributed by atoms with van der Waals surface area (Å²) >= 11 is 2.05. The molecule has 2 aliphatic rings. The maximum absolute atomic E-state index is 9.77. The molecule has 1 aliphatic heterocycles. The molecule has 1 aliphatic carbocycles. The molecular formula is C13H26IN3OS. The Morgan fingerprint density at radius 3 is 2.58 bits per heavy atom. The SMILES string of the molecule is CN=C(NCC1CCCS1)NCC1CCCC1O.I.